The van der Waals surface area contributed by atoms with Crippen molar-refractivity contribution in [3.8, 4) is 5.75 Å². The first kappa shape index (κ1) is 18.8. The molecule has 0 unspecified atom stereocenters. The standard InChI is InChI=1S/C21H27N3O4/c1-28-17-9-5-15(6-10-17)13-23(16-7-8-16)18(25)14-24-19(26)21(22-20(24)27)11-3-2-4-12-21/h5-6,9-10,16H,2-4,7-8,11-14H2,1H3,(H,22,27). The van der Waals surface area contributed by atoms with E-state index in [1.54, 1.807) is 12.0 Å². The summed E-state index contributed by atoms with van der Waals surface area (Å²) in [6, 6.07) is 7.38. The smallest absolute Gasteiger partial charge is 0.325 e. The number of methoxy groups -OCH3 is 1. The maximum absolute atomic E-state index is 13.0. The van der Waals surface area contributed by atoms with Crippen molar-refractivity contribution in [1.82, 2.24) is 15.1 Å². The van der Waals surface area contributed by atoms with Crippen LogP contribution in [0, 0.1) is 0 Å². The number of benzene rings is 1. The van der Waals surface area contributed by atoms with Gasteiger partial charge >= 0.3 is 6.03 Å². The van der Waals surface area contributed by atoms with Crippen LogP contribution in [0.15, 0.2) is 24.3 Å². The Bertz CT molecular complexity index is 766. The van der Waals surface area contributed by atoms with E-state index < -0.39 is 11.6 Å². The molecule has 4 amide bonds. The van der Waals surface area contributed by atoms with E-state index in [1.165, 1.54) is 0 Å². The van der Waals surface area contributed by atoms with Gasteiger partial charge in [0.2, 0.25) is 5.91 Å². The molecule has 4 rings (SSSR count). The molecule has 7 heteroatoms. The predicted molar refractivity (Wildman–Crippen MR) is 103 cm³/mol. The molecule has 1 N–H and O–H groups in total. The van der Waals surface area contributed by atoms with Gasteiger partial charge in [-0.15, -0.1) is 0 Å². The van der Waals surface area contributed by atoms with Gasteiger partial charge in [-0.25, -0.2) is 4.79 Å². The van der Waals surface area contributed by atoms with Crippen molar-refractivity contribution in [1.29, 1.82) is 0 Å². The fourth-order valence-corrected chi connectivity index (χ4v) is 4.27. The molecule has 7 nitrogen and oxygen atoms in total. The zero-order chi connectivity index (χ0) is 19.7. The van der Waals surface area contributed by atoms with Crippen LogP contribution in [0.1, 0.15) is 50.5 Å². The van der Waals surface area contributed by atoms with Crippen molar-refractivity contribution in [3.05, 3.63) is 29.8 Å². The average molecular weight is 385 g/mol. The molecule has 1 spiro atoms. The van der Waals surface area contributed by atoms with Crippen LogP contribution < -0.4 is 10.1 Å². The molecule has 1 aromatic carbocycles. The van der Waals surface area contributed by atoms with E-state index in [9.17, 15) is 14.4 Å². The lowest BCUT2D eigenvalue weighted by Gasteiger charge is -2.30. The molecule has 1 heterocycles. The summed E-state index contributed by atoms with van der Waals surface area (Å²) >= 11 is 0. The van der Waals surface area contributed by atoms with Crippen LogP contribution in [0.4, 0.5) is 4.79 Å². The average Bonchev–Trinajstić information content (AvgIpc) is 3.52. The van der Waals surface area contributed by atoms with E-state index in [4.69, 9.17) is 4.74 Å². The van der Waals surface area contributed by atoms with E-state index in [2.05, 4.69) is 5.32 Å². The van der Waals surface area contributed by atoms with Crippen LogP contribution in [0.3, 0.4) is 0 Å². The van der Waals surface area contributed by atoms with E-state index >= 15 is 0 Å². The van der Waals surface area contributed by atoms with Crippen molar-refractivity contribution in [2.24, 2.45) is 0 Å². The Morgan fingerprint density at radius 3 is 2.46 bits per heavy atom. The Labute approximate surface area is 165 Å². The topological polar surface area (TPSA) is 79.0 Å². The number of amides is 4. The highest BCUT2D eigenvalue weighted by Gasteiger charge is 2.52. The fourth-order valence-electron chi connectivity index (χ4n) is 4.27. The number of ether oxygens (including phenoxy) is 1. The molecule has 3 fully saturated rings. The summed E-state index contributed by atoms with van der Waals surface area (Å²) in [6.07, 6.45) is 6.21. The number of hydrogen-bond acceptors (Lipinski definition) is 4. The van der Waals surface area contributed by atoms with Gasteiger partial charge in [-0.2, -0.15) is 0 Å². The summed E-state index contributed by atoms with van der Waals surface area (Å²) in [4.78, 5) is 41.3. The molecule has 2 saturated carbocycles. The van der Waals surface area contributed by atoms with Crippen LogP contribution in [0.25, 0.3) is 0 Å². The van der Waals surface area contributed by atoms with Crippen molar-refractivity contribution >= 4 is 17.8 Å². The molecule has 1 aliphatic heterocycles. The zero-order valence-corrected chi connectivity index (χ0v) is 16.3. The third-order valence-electron chi connectivity index (χ3n) is 6.07. The highest BCUT2D eigenvalue weighted by Crippen LogP contribution is 2.34. The second-order valence-corrected chi connectivity index (χ2v) is 8.07. The van der Waals surface area contributed by atoms with Gasteiger partial charge < -0.3 is 15.0 Å². The molecule has 28 heavy (non-hydrogen) atoms. The molecular formula is C21H27N3O4. The van der Waals surface area contributed by atoms with Crippen LogP contribution in [0.2, 0.25) is 0 Å². The first-order chi connectivity index (χ1) is 13.5. The Balaban J connectivity index is 1.44. The molecule has 0 atom stereocenters. The van der Waals surface area contributed by atoms with Crippen molar-refractivity contribution < 1.29 is 19.1 Å². The van der Waals surface area contributed by atoms with Crippen LogP contribution >= 0.6 is 0 Å². The molecule has 0 radical (unpaired) electrons. The number of nitrogens with one attached hydrogen (secondary N) is 1. The van der Waals surface area contributed by atoms with Gasteiger partial charge in [-0.3, -0.25) is 14.5 Å². The summed E-state index contributed by atoms with van der Waals surface area (Å²) in [5.74, 6) is 0.366. The van der Waals surface area contributed by atoms with E-state index in [-0.39, 0.29) is 24.4 Å². The van der Waals surface area contributed by atoms with Gasteiger partial charge in [0, 0.05) is 12.6 Å². The lowest BCUT2D eigenvalue weighted by molar-refractivity contribution is -0.140. The number of imide groups is 1. The van der Waals surface area contributed by atoms with Gasteiger partial charge in [-0.05, 0) is 43.4 Å². The Hall–Kier alpha value is -2.57. The first-order valence-corrected chi connectivity index (χ1v) is 10.1. The second kappa shape index (κ2) is 7.45. The molecular weight excluding hydrogens is 358 g/mol. The van der Waals surface area contributed by atoms with Gasteiger partial charge in [-0.1, -0.05) is 31.4 Å². The fraction of sp³-hybridized carbons (Fsp3) is 0.571. The normalized spacial score (nSPS) is 21.0. The second-order valence-electron chi connectivity index (χ2n) is 8.07. The molecule has 0 aromatic heterocycles. The van der Waals surface area contributed by atoms with Gasteiger partial charge in [0.05, 0.1) is 7.11 Å². The summed E-state index contributed by atoms with van der Waals surface area (Å²) in [5.41, 5.74) is 0.220. The van der Waals surface area contributed by atoms with Gasteiger partial charge in [0.15, 0.2) is 0 Å². The minimum Gasteiger partial charge on any atom is -0.497 e. The number of carbonyl (C=O) groups is 3. The largest absolute Gasteiger partial charge is 0.497 e. The predicted octanol–water partition coefficient (Wildman–Crippen LogP) is 2.44. The van der Waals surface area contributed by atoms with Crippen LogP contribution in [0.5, 0.6) is 5.75 Å². The number of urea groups is 1. The third-order valence-corrected chi connectivity index (χ3v) is 6.07. The Kier molecular flexibility index (Phi) is 5.00. The summed E-state index contributed by atoms with van der Waals surface area (Å²) < 4.78 is 5.18. The monoisotopic (exact) mass is 385 g/mol. The highest BCUT2D eigenvalue weighted by molar-refractivity contribution is 6.09. The van der Waals surface area contributed by atoms with E-state index in [0.29, 0.717) is 19.4 Å². The summed E-state index contributed by atoms with van der Waals surface area (Å²) in [6.45, 7) is 0.293. The van der Waals surface area contributed by atoms with Crippen molar-refractivity contribution in [2.45, 2.75) is 63.1 Å². The van der Waals surface area contributed by atoms with Crippen molar-refractivity contribution in [2.75, 3.05) is 13.7 Å². The summed E-state index contributed by atoms with van der Waals surface area (Å²) in [5, 5.41) is 2.87. The molecule has 3 aliphatic rings. The maximum atomic E-state index is 13.0. The molecule has 1 saturated heterocycles. The molecule has 2 aliphatic carbocycles. The molecule has 150 valence electrons. The van der Waals surface area contributed by atoms with E-state index in [1.807, 2.05) is 24.3 Å². The quantitative estimate of drug-likeness (QED) is 0.763. The Morgan fingerprint density at radius 1 is 1.18 bits per heavy atom. The molecule has 1 aromatic rings. The van der Waals surface area contributed by atoms with E-state index in [0.717, 1.165) is 48.3 Å². The number of hydrogen-bond donors (Lipinski definition) is 1. The van der Waals surface area contributed by atoms with Crippen molar-refractivity contribution in [3.63, 3.8) is 0 Å². The minimum absolute atomic E-state index is 0.172. The number of nitrogens with zero attached hydrogens (tertiary/aromatic N) is 2. The molecule has 0 bridgehead atoms. The lowest BCUT2D eigenvalue weighted by atomic mass is 9.82. The first-order valence-electron chi connectivity index (χ1n) is 10.1. The van der Waals surface area contributed by atoms with Gasteiger partial charge in [0.1, 0.15) is 17.8 Å². The number of carbonyl (C=O) groups excluding carboxylic acids is 3. The van der Waals surface area contributed by atoms with Crippen LogP contribution in [-0.2, 0) is 16.1 Å². The lowest BCUT2D eigenvalue weighted by Crippen LogP contribution is -2.49. The highest BCUT2D eigenvalue weighted by atomic mass is 16.5. The summed E-state index contributed by atoms with van der Waals surface area (Å²) in [7, 11) is 1.62. The van der Waals surface area contributed by atoms with Crippen LogP contribution in [-0.4, -0.2) is 52.9 Å². The zero-order valence-electron chi connectivity index (χ0n) is 16.3. The van der Waals surface area contributed by atoms with Gasteiger partial charge in [0.25, 0.3) is 5.91 Å². The SMILES string of the molecule is COc1ccc(CN(C(=O)CN2C(=O)NC3(CCCCC3)C2=O)C2CC2)cc1. The number of rotatable bonds is 6. The maximum Gasteiger partial charge on any atom is 0.325 e. The minimum atomic E-state index is -0.782. The Morgan fingerprint density at radius 2 is 1.86 bits per heavy atom. The third kappa shape index (κ3) is 3.57.